The topological polar surface area (TPSA) is 56.7 Å². The molecule has 1 atom stereocenters. The summed E-state index contributed by atoms with van der Waals surface area (Å²) in [4.78, 5) is 4.39. The number of nitrogens with zero attached hydrogens (tertiary/aromatic N) is 3. The quantitative estimate of drug-likeness (QED) is 0.854. The highest BCUT2D eigenvalue weighted by molar-refractivity contribution is 7.09. The average Bonchev–Trinajstić information content (AvgIpc) is 2.75. The summed E-state index contributed by atoms with van der Waals surface area (Å²) in [6.07, 6.45) is 4.53. The van der Waals surface area contributed by atoms with Crippen molar-refractivity contribution in [3.8, 4) is 0 Å². The SMILES string of the molecule is Cc1nc(CC(N)c2cnn(C)c2)cs1. The number of nitrogens with two attached hydrogens (primary N) is 1. The summed E-state index contributed by atoms with van der Waals surface area (Å²) in [6, 6.07) is -0.0137. The van der Waals surface area contributed by atoms with E-state index in [1.165, 1.54) is 0 Å². The molecule has 2 aromatic heterocycles. The molecule has 0 aliphatic carbocycles. The molecule has 4 nitrogen and oxygen atoms in total. The third kappa shape index (κ3) is 2.43. The molecular formula is C10H14N4S. The van der Waals surface area contributed by atoms with E-state index in [4.69, 9.17) is 5.73 Å². The Bertz CT molecular complexity index is 446. The van der Waals surface area contributed by atoms with Gasteiger partial charge in [-0.3, -0.25) is 4.68 Å². The maximum Gasteiger partial charge on any atom is 0.0897 e. The van der Waals surface area contributed by atoms with Gasteiger partial charge in [0.2, 0.25) is 0 Å². The first-order valence-corrected chi connectivity index (χ1v) is 5.68. The van der Waals surface area contributed by atoms with Crippen molar-refractivity contribution in [2.45, 2.75) is 19.4 Å². The maximum absolute atomic E-state index is 6.06. The summed E-state index contributed by atoms with van der Waals surface area (Å²) in [5.74, 6) is 0. The molecule has 2 rings (SSSR count). The predicted molar refractivity (Wildman–Crippen MR) is 60.7 cm³/mol. The van der Waals surface area contributed by atoms with Crippen LogP contribution >= 0.6 is 11.3 Å². The number of hydrogen-bond donors (Lipinski definition) is 1. The normalized spacial score (nSPS) is 13.0. The maximum atomic E-state index is 6.06. The van der Waals surface area contributed by atoms with Gasteiger partial charge in [-0.1, -0.05) is 0 Å². The van der Waals surface area contributed by atoms with Gasteiger partial charge in [0, 0.05) is 36.7 Å². The van der Waals surface area contributed by atoms with E-state index in [2.05, 4.69) is 15.5 Å². The van der Waals surface area contributed by atoms with Crippen molar-refractivity contribution >= 4 is 11.3 Å². The van der Waals surface area contributed by atoms with Gasteiger partial charge in [0.1, 0.15) is 0 Å². The summed E-state index contributed by atoms with van der Waals surface area (Å²) >= 11 is 1.66. The van der Waals surface area contributed by atoms with E-state index in [1.54, 1.807) is 16.0 Å². The van der Waals surface area contributed by atoms with Gasteiger partial charge >= 0.3 is 0 Å². The summed E-state index contributed by atoms with van der Waals surface area (Å²) in [7, 11) is 1.89. The Morgan fingerprint density at radius 1 is 1.60 bits per heavy atom. The second-order valence-corrected chi connectivity index (χ2v) is 4.68. The van der Waals surface area contributed by atoms with Crippen LogP contribution in [0.2, 0.25) is 0 Å². The summed E-state index contributed by atoms with van der Waals surface area (Å²) in [5.41, 5.74) is 8.18. The van der Waals surface area contributed by atoms with Crippen molar-refractivity contribution in [1.82, 2.24) is 14.8 Å². The minimum Gasteiger partial charge on any atom is -0.324 e. The van der Waals surface area contributed by atoms with Crippen molar-refractivity contribution in [2.24, 2.45) is 12.8 Å². The Morgan fingerprint density at radius 3 is 2.93 bits per heavy atom. The van der Waals surface area contributed by atoms with Crippen LogP contribution in [-0.4, -0.2) is 14.8 Å². The fourth-order valence-electron chi connectivity index (χ4n) is 1.48. The van der Waals surface area contributed by atoms with Crippen LogP contribution in [0.4, 0.5) is 0 Å². The molecule has 0 radical (unpaired) electrons. The number of rotatable bonds is 3. The molecule has 80 valence electrons. The Hall–Kier alpha value is -1.20. The standard InChI is InChI=1S/C10H14N4S/c1-7-13-9(6-15-7)3-10(11)8-4-12-14(2)5-8/h4-6,10H,3,11H2,1-2H3. The van der Waals surface area contributed by atoms with Gasteiger partial charge in [-0.15, -0.1) is 11.3 Å². The highest BCUT2D eigenvalue weighted by Gasteiger charge is 2.10. The molecule has 0 bridgehead atoms. The van der Waals surface area contributed by atoms with E-state index >= 15 is 0 Å². The highest BCUT2D eigenvalue weighted by Crippen LogP contribution is 2.16. The van der Waals surface area contributed by atoms with Crippen molar-refractivity contribution in [1.29, 1.82) is 0 Å². The minimum atomic E-state index is -0.0137. The van der Waals surface area contributed by atoms with Crippen LogP contribution in [-0.2, 0) is 13.5 Å². The van der Waals surface area contributed by atoms with Crippen LogP contribution in [0.1, 0.15) is 22.3 Å². The van der Waals surface area contributed by atoms with Crippen LogP contribution < -0.4 is 5.73 Å². The van der Waals surface area contributed by atoms with Gasteiger partial charge in [0.15, 0.2) is 0 Å². The number of aryl methyl sites for hydroxylation is 2. The van der Waals surface area contributed by atoms with Crippen molar-refractivity contribution in [3.05, 3.63) is 34.0 Å². The zero-order chi connectivity index (χ0) is 10.8. The van der Waals surface area contributed by atoms with E-state index in [1.807, 2.05) is 26.4 Å². The van der Waals surface area contributed by atoms with Gasteiger partial charge in [-0.2, -0.15) is 5.10 Å². The van der Waals surface area contributed by atoms with Gasteiger partial charge in [0.25, 0.3) is 0 Å². The molecule has 0 aliphatic heterocycles. The van der Waals surface area contributed by atoms with E-state index in [0.29, 0.717) is 0 Å². The monoisotopic (exact) mass is 222 g/mol. The van der Waals surface area contributed by atoms with Crippen LogP contribution in [0.3, 0.4) is 0 Å². The molecule has 0 saturated carbocycles. The summed E-state index contributed by atoms with van der Waals surface area (Å²) < 4.78 is 1.77. The third-order valence-corrected chi connectivity index (χ3v) is 3.07. The lowest BCUT2D eigenvalue weighted by Crippen LogP contribution is -2.12. The van der Waals surface area contributed by atoms with Crippen LogP contribution in [0, 0.1) is 6.92 Å². The van der Waals surface area contributed by atoms with E-state index in [9.17, 15) is 0 Å². The fraction of sp³-hybridized carbons (Fsp3) is 0.400. The highest BCUT2D eigenvalue weighted by atomic mass is 32.1. The van der Waals surface area contributed by atoms with Gasteiger partial charge < -0.3 is 5.73 Å². The number of hydrogen-bond acceptors (Lipinski definition) is 4. The molecule has 0 fully saturated rings. The molecule has 0 spiro atoms. The first-order valence-electron chi connectivity index (χ1n) is 4.80. The first kappa shape index (κ1) is 10.3. The molecular weight excluding hydrogens is 208 g/mol. The lowest BCUT2D eigenvalue weighted by molar-refractivity contribution is 0.705. The Labute approximate surface area is 92.8 Å². The molecule has 2 heterocycles. The average molecular weight is 222 g/mol. The molecule has 0 aromatic carbocycles. The van der Waals surface area contributed by atoms with Crippen LogP contribution in [0.25, 0.3) is 0 Å². The van der Waals surface area contributed by atoms with E-state index in [0.717, 1.165) is 22.7 Å². The first-order chi connectivity index (χ1) is 7.15. The van der Waals surface area contributed by atoms with Crippen LogP contribution in [0.15, 0.2) is 17.8 Å². The molecule has 0 amide bonds. The Morgan fingerprint density at radius 2 is 2.40 bits per heavy atom. The van der Waals surface area contributed by atoms with E-state index in [-0.39, 0.29) is 6.04 Å². The largest absolute Gasteiger partial charge is 0.324 e. The van der Waals surface area contributed by atoms with Crippen LogP contribution in [0.5, 0.6) is 0 Å². The molecule has 1 unspecified atom stereocenters. The third-order valence-electron chi connectivity index (χ3n) is 2.25. The van der Waals surface area contributed by atoms with E-state index < -0.39 is 0 Å². The Kier molecular flexibility index (Phi) is 2.83. The summed E-state index contributed by atoms with van der Waals surface area (Å²) in [5, 5.41) is 7.25. The van der Waals surface area contributed by atoms with Gasteiger partial charge in [-0.25, -0.2) is 4.98 Å². The molecule has 5 heteroatoms. The molecule has 15 heavy (non-hydrogen) atoms. The predicted octanol–water partition coefficient (Wildman–Crippen LogP) is 1.43. The smallest absolute Gasteiger partial charge is 0.0897 e. The molecule has 2 aromatic rings. The summed E-state index contributed by atoms with van der Waals surface area (Å²) in [6.45, 7) is 2.00. The molecule has 2 N–H and O–H groups in total. The zero-order valence-corrected chi connectivity index (χ0v) is 9.66. The van der Waals surface area contributed by atoms with Gasteiger partial charge in [-0.05, 0) is 6.92 Å². The Balaban J connectivity index is 2.06. The number of aromatic nitrogens is 3. The molecule has 0 aliphatic rings. The van der Waals surface area contributed by atoms with Gasteiger partial charge in [0.05, 0.1) is 16.9 Å². The second kappa shape index (κ2) is 4.12. The molecule has 0 saturated heterocycles. The second-order valence-electron chi connectivity index (χ2n) is 3.62. The fourth-order valence-corrected chi connectivity index (χ4v) is 2.10. The zero-order valence-electron chi connectivity index (χ0n) is 8.84. The van der Waals surface area contributed by atoms with Crippen molar-refractivity contribution in [2.75, 3.05) is 0 Å². The van der Waals surface area contributed by atoms with Crippen molar-refractivity contribution < 1.29 is 0 Å². The minimum absolute atomic E-state index is 0.0137. The number of thiazole rings is 1. The lowest BCUT2D eigenvalue weighted by Gasteiger charge is -2.06. The lowest BCUT2D eigenvalue weighted by atomic mass is 10.1. The van der Waals surface area contributed by atoms with Crippen molar-refractivity contribution in [3.63, 3.8) is 0 Å².